The number of fused-ring (bicyclic) bond motifs is 1. The fraction of sp³-hybridized carbons (Fsp3) is 0.515. The Morgan fingerprint density at radius 3 is 2.12 bits per heavy atom. The molecule has 2 atom stereocenters. The number of hydrogen-bond acceptors (Lipinski definition) is 6. The Bertz CT molecular complexity index is 1330. The summed E-state index contributed by atoms with van der Waals surface area (Å²) in [6, 6.07) is 11.6. The normalized spacial score (nSPS) is 30.8. The second kappa shape index (κ2) is 10.6. The minimum absolute atomic E-state index is 0.122. The average Bonchev–Trinajstić information content (AvgIpc) is 2.96. The van der Waals surface area contributed by atoms with Crippen molar-refractivity contribution in [2.45, 2.75) is 76.9 Å². The van der Waals surface area contributed by atoms with Crippen molar-refractivity contribution in [3.63, 3.8) is 0 Å². The summed E-state index contributed by atoms with van der Waals surface area (Å²) in [4.78, 5) is 57.0. The van der Waals surface area contributed by atoms with Gasteiger partial charge in [0.25, 0.3) is 0 Å². The molecule has 0 unspecified atom stereocenters. The van der Waals surface area contributed by atoms with E-state index in [4.69, 9.17) is 4.74 Å². The quantitative estimate of drug-likeness (QED) is 0.536. The van der Waals surface area contributed by atoms with Crippen molar-refractivity contribution >= 4 is 29.3 Å². The second-order valence-electron chi connectivity index (χ2n) is 12.8. The van der Waals surface area contributed by atoms with E-state index < -0.39 is 36.2 Å². The summed E-state index contributed by atoms with van der Waals surface area (Å²) in [5.41, 5.74) is 1.39. The highest BCUT2D eigenvalue weighted by Crippen LogP contribution is 2.62. The number of nitrogens with zero attached hydrogens (tertiary/aromatic N) is 2. The lowest BCUT2D eigenvalue weighted by atomic mass is 9.48. The van der Waals surface area contributed by atoms with E-state index in [2.05, 4.69) is 0 Å². The van der Waals surface area contributed by atoms with Gasteiger partial charge in [-0.2, -0.15) is 0 Å². The van der Waals surface area contributed by atoms with Crippen LogP contribution in [0.3, 0.4) is 0 Å². The maximum absolute atomic E-state index is 14.8. The summed E-state index contributed by atoms with van der Waals surface area (Å²) in [6.07, 6.45) is 6.62. The van der Waals surface area contributed by atoms with Crippen LogP contribution in [-0.4, -0.2) is 47.7 Å². The number of benzene rings is 2. The fourth-order valence-corrected chi connectivity index (χ4v) is 8.81. The van der Waals surface area contributed by atoms with Crippen LogP contribution in [0.15, 0.2) is 48.5 Å². The first-order valence-corrected chi connectivity index (χ1v) is 14.7. The van der Waals surface area contributed by atoms with Crippen LogP contribution < -0.4 is 14.7 Å². The lowest BCUT2D eigenvalue weighted by Crippen LogP contribution is -2.61. The Labute approximate surface area is 240 Å². The Morgan fingerprint density at radius 1 is 0.951 bits per heavy atom. The number of methoxy groups -OCH3 is 1. The van der Waals surface area contributed by atoms with Gasteiger partial charge in [0, 0.05) is 18.9 Å². The number of Topliss-reactive ketones (excluding diaryl/α,β-unsaturated/α-hetero) is 1. The van der Waals surface area contributed by atoms with Crippen LogP contribution in [0.25, 0.3) is 0 Å². The standard InChI is InChI=1S/C33H38N2O6/c1-20(36)35-28(32(39)40)14-30(37)26-5-3-4-6-27(26)34(19-21-7-9-25(41-2)10-8-21)31(38)29(35)18-33-15-22-11-23(16-33)13-24(12-22)17-33/h3-10,22-24,28-29H,11-19H2,1-2H3,(H,39,40)/p-1/t22?,23?,24?,28-,29+,33?/m0/s1. The van der Waals surface area contributed by atoms with Crippen LogP contribution in [0.4, 0.5) is 5.69 Å². The molecular weight excluding hydrogens is 520 g/mol. The molecule has 2 amide bonds. The zero-order chi connectivity index (χ0) is 28.9. The number of anilines is 1. The third kappa shape index (κ3) is 5.13. The van der Waals surface area contributed by atoms with Crippen LogP contribution in [-0.2, 0) is 20.9 Å². The highest BCUT2D eigenvalue weighted by atomic mass is 16.5. The highest BCUT2D eigenvalue weighted by molar-refractivity contribution is 6.09. The van der Waals surface area contributed by atoms with Gasteiger partial charge in [-0.1, -0.05) is 24.3 Å². The third-order valence-corrected chi connectivity index (χ3v) is 10.0. The summed E-state index contributed by atoms with van der Waals surface area (Å²) in [5.74, 6) is -0.318. The third-order valence-electron chi connectivity index (χ3n) is 10.0. The Kier molecular flexibility index (Phi) is 7.12. The van der Waals surface area contributed by atoms with Crippen LogP contribution >= 0.6 is 0 Å². The summed E-state index contributed by atoms with van der Waals surface area (Å²) >= 11 is 0. The molecule has 1 heterocycles. The Balaban J connectivity index is 1.47. The van der Waals surface area contributed by atoms with Crippen LogP contribution in [0.1, 0.15) is 74.2 Å². The lowest BCUT2D eigenvalue weighted by molar-refractivity contribution is -0.311. The molecule has 0 N–H and O–H groups in total. The number of hydrogen-bond donors (Lipinski definition) is 0. The van der Waals surface area contributed by atoms with Crippen LogP contribution in [0, 0.1) is 23.2 Å². The van der Waals surface area contributed by atoms with E-state index in [9.17, 15) is 24.3 Å². The molecule has 41 heavy (non-hydrogen) atoms. The van der Waals surface area contributed by atoms with E-state index in [-0.39, 0.29) is 23.4 Å². The Morgan fingerprint density at radius 2 is 1.56 bits per heavy atom. The lowest BCUT2D eigenvalue weighted by Gasteiger charge is -2.58. The van der Waals surface area contributed by atoms with E-state index >= 15 is 0 Å². The number of ether oxygens (including phenoxy) is 1. The minimum Gasteiger partial charge on any atom is -0.548 e. The van der Waals surface area contributed by atoms with Gasteiger partial charge in [0.1, 0.15) is 11.8 Å². The minimum atomic E-state index is -1.53. The van der Waals surface area contributed by atoms with Gasteiger partial charge in [0.05, 0.1) is 31.4 Å². The molecule has 0 saturated heterocycles. The van der Waals surface area contributed by atoms with Crippen molar-refractivity contribution in [2.75, 3.05) is 12.0 Å². The predicted molar refractivity (Wildman–Crippen MR) is 150 cm³/mol. The maximum Gasteiger partial charge on any atom is 0.250 e. The summed E-state index contributed by atoms with van der Waals surface area (Å²) in [6.45, 7) is 1.45. The van der Waals surface area contributed by atoms with Crippen molar-refractivity contribution in [3.8, 4) is 5.75 Å². The number of aliphatic carboxylic acids is 1. The first-order valence-electron chi connectivity index (χ1n) is 14.7. The monoisotopic (exact) mass is 557 g/mol. The molecule has 0 aromatic heterocycles. The first kappa shape index (κ1) is 27.5. The van der Waals surface area contributed by atoms with Gasteiger partial charge in [-0.15, -0.1) is 0 Å². The predicted octanol–water partition coefficient (Wildman–Crippen LogP) is 3.76. The number of carboxylic acids is 1. The zero-order valence-electron chi connectivity index (χ0n) is 23.7. The van der Waals surface area contributed by atoms with Gasteiger partial charge < -0.3 is 24.4 Å². The average molecular weight is 558 g/mol. The molecule has 8 nitrogen and oxygen atoms in total. The molecule has 4 fully saturated rings. The number of para-hydroxylation sites is 1. The van der Waals surface area contributed by atoms with E-state index in [1.807, 2.05) is 24.3 Å². The van der Waals surface area contributed by atoms with E-state index in [1.54, 1.807) is 36.3 Å². The molecule has 216 valence electrons. The molecule has 4 saturated carbocycles. The fourth-order valence-electron chi connectivity index (χ4n) is 8.81. The molecule has 5 aliphatic rings. The molecule has 7 rings (SSSR count). The summed E-state index contributed by atoms with van der Waals surface area (Å²) < 4.78 is 5.30. The van der Waals surface area contributed by atoms with Gasteiger partial charge in [0.15, 0.2) is 5.78 Å². The largest absolute Gasteiger partial charge is 0.548 e. The van der Waals surface area contributed by atoms with Crippen LogP contribution in [0.5, 0.6) is 5.75 Å². The molecule has 2 aromatic rings. The molecule has 2 aromatic carbocycles. The van der Waals surface area contributed by atoms with Gasteiger partial charge in [0.2, 0.25) is 11.8 Å². The SMILES string of the molecule is COc1ccc(CN2C(=O)[C@@H](CC34CC5CC(CC(C5)C3)C4)N(C(C)=O)[C@H](C(=O)[O-])CC(=O)c3ccccc32)cc1. The number of carbonyl (C=O) groups is 4. The van der Waals surface area contributed by atoms with Gasteiger partial charge >= 0.3 is 0 Å². The second-order valence-corrected chi connectivity index (χ2v) is 12.8. The number of ketones is 1. The smallest absolute Gasteiger partial charge is 0.250 e. The van der Waals surface area contributed by atoms with Crippen LogP contribution in [0.2, 0.25) is 0 Å². The molecule has 0 spiro atoms. The number of amides is 2. The number of carboxylic acid groups (broad SMARTS) is 1. The highest BCUT2D eigenvalue weighted by Gasteiger charge is 2.54. The van der Waals surface area contributed by atoms with Crippen molar-refractivity contribution in [3.05, 3.63) is 59.7 Å². The van der Waals surface area contributed by atoms with E-state index in [0.29, 0.717) is 35.6 Å². The number of rotatable bonds is 6. The topological polar surface area (TPSA) is 107 Å². The van der Waals surface area contributed by atoms with Crippen molar-refractivity contribution in [2.24, 2.45) is 23.2 Å². The first-order chi connectivity index (χ1) is 19.7. The van der Waals surface area contributed by atoms with Gasteiger partial charge in [-0.3, -0.25) is 14.4 Å². The van der Waals surface area contributed by atoms with E-state index in [1.165, 1.54) is 31.1 Å². The molecule has 1 aliphatic heterocycles. The summed E-state index contributed by atoms with van der Waals surface area (Å²) in [7, 11) is 1.58. The zero-order valence-corrected chi connectivity index (χ0v) is 23.7. The number of carbonyl (C=O) groups excluding carboxylic acids is 4. The van der Waals surface area contributed by atoms with Crippen molar-refractivity contribution in [1.82, 2.24) is 4.90 Å². The van der Waals surface area contributed by atoms with E-state index in [0.717, 1.165) is 24.8 Å². The molecular formula is C33H37N2O6-. The maximum atomic E-state index is 14.8. The molecule has 4 aliphatic carbocycles. The van der Waals surface area contributed by atoms with Crippen molar-refractivity contribution < 1.29 is 29.0 Å². The van der Waals surface area contributed by atoms with Gasteiger partial charge in [-0.05, 0) is 97.9 Å². The molecule has 4 bridgehead atoms. The van der Waals surface area contributed by atoms with Gasteiger partial charge in [-0.25, -0.2) is 0 Å². The summed E-state index contributed by atoms with van der Waals surface area (Å²) in [5, 5.41) is 12.6. The van der Waals surface area contributed by atoms with Crippen molar-refractivity contribution in [1.29, 1.82) is 0 Å². The molecule has 8 heteroatoms. The molecule has 0 radical (unpaired) electrons. The Hall–Kier alpha value is -3.68.